The molecule has 2 heterocycles. The van der Waals surface area contributed by atoms with Crippen molar-refractivity contribution in [3.8, 4) is 0 Å². The Labute approximate surface area is 91.5 Å². The highest BCUT2D eigenvalue weighted by Gasteiger charge is 2.17. The molecule has 0 atom stereocenters. The lowest BCUT2D eigenvalue weighted by atomic mass is 10.3. The minimum Gasteiger partial charge on any atom is -0.461 e. The Kier molecular flexibility index (Phi) is 2.48. The van der Waals surface area contributed by atoms with Crippen LogP contribution in [0.2, 0.25) is 0 Å². The Bertz CT molecular complexity index is 513. The van der Waals surface area contributed by atoms with Gasteiger partial charge in [0.2, 0.25) is 0 Å². The summed E-state index contributed by atoms with van der Waals surface area (Å²) >= 11 is 1.57. The molecule has 0 spiro atoms. The summed E-state index contributed by atoms with van der Waals surface area (Å²) < 4.78 is 6.85. The van der Waals surface area contributed by atoms with Gasteiger partial charge in [0.05, 0.1) is 12.3 Å². The zero-order valence-electron chi connectivity index (χ0n) is 8.90. The van der Waals surface area contributed by atoms with Crippen molar-refractivity contribution in [1.29, 1.82) is 0 Å². The van der Waals surface area contributed by atoms with Crippen molar-refractivity contribution in [2.45, 2.75) is 20.8 Å². The molecule has 0 aromatic carbocycles. The lowest BCUT2D eigenvalue weighted by molar-refractivity contribution is 0.0519. The molecule has 15 heavy (non-hydrogen) atoms. The summed E-state index contributed by atoms with van der Waals surface area (Å²) in [6.07, 6.45) is 1.98. The van der Waals surface area contributed by atoms with Crippen LogP contribution >= 0.6 is 11.3 Å². The van der Waals surface area contributed by atoms with E-state index in [9.17, 15) is 4.79 Å². The Morgan fingerprint density at radius 3 is 2.93 bits per heavy atom. The maximum atomic E-state index is 11.5. The van der Waals surface area contributed by atoms with Crippen LogP contribution in [0.5, 0.6) is 0 Å². The molecule has 80 valence electrons. The van der Waals surface area contributed by atoms with Gasteiger partial charge < -0.3 is 4.74 Å². The van der Waals surface area contributed by atoms with Gasteiger partial charge in [-0.2, -0.15) is 0 Å². The third kappa shape index (κ3) is 1.63. The summed E-state index contributed by atoms with van der Waals surface area (Å²) in [4.78, 5) is 17.8. The molecular formula is C10H12N2O2S. The number of aromatic nitrogens is 2. The summed E-state index contributed by atoms with van der Waals surface area (Å²) in [6, 6.07) is 0. The van der Waals surface area contributed by atoms with Gasteiger partial charge >= 0.3 is 5.97 Å². The van der Waals surface area contributed by atoms with Crippen LogP contribution in [0.15, 0.2) is 6.20 Å². The molecule has 0 saturated heterocycles. The van der Waals surface area contributed by atoms with Gasteiger partial charge in [-0.05, 0) is 20.8 Å². The predicted molar refractivity (Wildman–Crippen MR) is 58.5 cm³/mol. The van der Waals surface area contributed by atoms with E-state index in [1.165, 1.54) is 4.88 Å². The molecule has 0 bridgehead atoms. The summed E-state index contributed by atoms with van der Waals surface area (Å²) in [5.74, 6) is -0.344. The highest BCUT2D eigenvalue weighted by Crippen LogP contribution is 2.20. The maximum Gasteiger partial charge on any atom is 0.358 e. The molecule has 0 unspecified atom stereocenters. The number of imidazole rings is 1. The number of ether oxygens (including phenoxy) is 1. The summed E-state index contributed by atoms with van der Waals surface area (Å²) in [6.45, 7) is 6.06. The fraction of sp³-hybridized carbons (Fsp3) is 0.400. The summed E-state index contributed by atoms with van der Waals surface area (Å²) in [5, 5.41) is 0. The third-order valence-electron chi connectivity index (χ3n) is 2.15. The third-order valence-corrected chi connectivity index (χ3v) is 3.05. The second-order valence-corrected chi connectivity index (χ2v) is 4.47. The number of esters is 1. The lowest BCUT2D eigenvalue weighted by Crippen LogP contribution is -2.06. The van der Waals surface area contributed by atoms with Crippen molar-refractivity contribution in [2.24, 2.45) is 0 Å². The molecule has 0 fully saturated rings. The Morgan fingerprint density at radius 2 is 2.33 bits per heavy atom. The van der Waals surface area contributed by atoms with E-state index in [4.69, 9.17) is 4.74 Å². The van der Waals surface area contributed by atoms with E-state index in [0.717, 1.165) is 10.7 Å². The van der Waals surface area contributed by atoms with E-state index in [0.29, 0.717) is 12.3 Å². The molecule has 2 rings (SSSR count). The molecule has 2 aromatic heterocycles. The van der Waals surface area contributed by atoms with Crippen LogP contribution < -0.4 is 0 Å². The number of nitrogens with zero attached hydrogens (tertiary/aromatic N) is 2. The molecule has 0 radical (unpaired) electrons. The minimum atomic E-state index is -0.344. The lowest BCUT2D eigenvalue weighted by Gasteiger charge is -1.98. The molecule has 2 aromatic rings. The Morgan fingerprint density at radius 1 is 1.60 bits per heavy atom. The molecule has 0 aliphatic heterocycles. The topological polar surface area (TPSA) is 43.6 Å². The smallest absolute Gasteiger partial charge is 0.358 e. The molecule has 4 nitrogen and oxygen atoms in total. The highest BCUT2D eigenvalue weighted by molar-refractivity contribution is 7.17. The first kappa shape index (κ1) is 10.2. The van der Waals surface area contributed by atoms with Gasteiger partial charge in [0.15, 0.2) is 10.7 Å². The normalized spacial score (nSPS) is 10.9. The van der Waals surface area contributed by atoms with E-state index in [-0.39, 0.29) is 5.97 Å². The van der Waals surface area contributed by atoms with Gasteiger partial charge in [-0.15, -0.1) is 11.3 Å². The van der Waals surface area contributed by atoms with Gasteiger partial charge in [0.25, 0.3) is 0 Å². The first-order valence-corrected chi connectivity index (χ1v) is 5.57. The molecule has 0 N–H and O–H groups in total. The maximum absolute atomic E-state index is 11.5. The monoisotopic (exact) mass is 224 g/mol. The Hall–Kier alpha value is -1.36. The quantitative estimate of drug-likeness (QED) is 0.734. The van der Waals surface area contributed by atoms with Crippen LogP contribution in [0.25, 0.3) is 4.96 Å². The van der Waals surface area contributed by atoms with Crippen LogP contribution in [-0.2, 0) is 4.74 Å². The fourth-order valence-electron chi connectivity index (χ4n) is 1.46. The van der Waals surface area contributed by atoms with E-state index < -0.39 is 0 Å². The van der Waals surface area contributed by atoms with Crippen LogP contribution in [0.1, 0.15) is 28.0 Å². The van der Waals surface area contributed by atoms with Crippen molar-refractivity contribution < 1.29 is 9.53 Å². The number of hydrogen-bond acceptors (Lipinski definition) is 4. The average molecular weight is 224 g/mol. The second kappa shape index (κ2) is 3.66. The fourth-order valence-corrected chi connectivity index (χ4v) is 2.33. The van der Waals surface area contributed by atoms with E-state index in [1.54, 1.807) is 18.3 Å². The minimum absolute atomic E-state index is 0.344. The van der Waals surface area contributed by atoms with Crippen molar-refractivity contribution in [3.63, 3.8) is 0 Å². The number of hydrogen-bond donors (Lipinski definition) is 0. The van der Waals surface area contributed by atoms with E-state index in [2.05, 4.69) is 4.98 Å². The summed E-state index contributed by atoms with van der Waals surface area (Å²) in [5.41, 5.74) is 1.26. The van der Waals surface area contributed by atoms with Crippen molar-refractivity contribution >= 4 is 22.3 Å². The average Bonchev–Trinajstić information content (AvgIpc) is 2.66. The number of carbonyl (C=O) groups is 1. The van der Waals surface area contributed by atoms with E-state index in [1.807, 2.05) is 24.4 Å². The first-order chi connectivity index (χ1) is 7.13. The second-order valence-electron chi connectivity index (χ2n) is 3.26. The molecular weight excluding hydrogens is 212 g/mol. The van der Waals surface area contributed by atoms with Crippen molar-refractivity contribution in [2.75, 3.05) is 6.61 Å². The van der Waals surface area contributed by atoms with Gasteiger partial charge in [0, 0.05) is 11.1 Å². The molecule has 0 aliphatic carbocycles. The van der Waals surface area contributed by atoms with E-state index >= 15 is 0 Å². The first-order valence-electron chi connectivity index (χ1n) is 4.75. The van der Waals surface area contributed by atoms with Gasteiger partial charge in [-0.1, -0.05) is 0 Å². The van der Waals surface area contributed by atoms with Crippen molar-refractivity contribution in [1.82, 2.24) is 9.38 Å². The number of aryl methyl sites for hydroxylation is 2. The largest absolute Gasteiger partial charge is 0.461 e. The number of rotatable bonds is 2. The summed E-state index contributed by atoms with van der Waals surface area (Å²) in [7, 11) is 0. The van der Waals surface area contributed by atoms with Gasteiger partial charge in [-0.3, -0.25) is 4.40 Å². The molecule has 5 heteroatoms. The molecule has 0 amide bonds. The highest BCUT2D eigenvalue weighted by atomic mass is 32.1. The predicted octanol–water partition coefficient (Wildman–Crippen LogP) is 2.19. The number of thiazole rings is 1. The van der Waals surface area contributed by atoms with Gasteiger partial charge in [0.1, 0.15) is 0 Å². The van der Waals surface area contributed by atoms with Crippen LogP contribution in [0.4, 0.5) is 0 Å². The SMILES string of the molecule is CCOC(=O)c1nc2sc(C)cn2c1C. The number of fused-ring (bicyclic) bond motifs is 1. The van der Waals surface area contributed by atoms with Gasteiger partial charge in [-0.25, -0.2) is 9.78 Å². The van der Waals surface area contributed by atoms with Crippen LogP contribution in [0.3, 0.4) is 0 Å². The molecule has 0 aliphatic rings. The van der Waals surface area contributed by atoms with Crippen LogP contribution in [0, 0.1) is 13.8 Å². The van der Waals surface area contributed by atoms with Crippen LogP contribution in [-0.4, -0.2) is 22.0 Å². The standard InChI is InChI=1S/C10H12N2O2S/c1-4-14-9(13)8-7(3)12-5-6(2)15-10(12)11-8/h5H,4H2,1-3H3. The molecule has 0 saturated carbocycles. The Balaban J connectivity index is 2.49. The zero-order valence-corrected chi connectivity index (χ0v) is 9.72. The zero-order chi connectivity index (χ0) is 11.0. The van der Waals surface area contributed by atoms with Crippen molar-refractivity contribution in [3.05, 3.63) is 22.5 Å². The number of carbonyl (C=O) groups excluding carboxylic acids is 1.